The molecule has 1 aliphatic rings. The van der Waals surface area contributed by atoms with Crippen LogP contribution in [0.3, 0.4) is 0 Å². The van der Waals surface area contributed by atoms with E-state index in [1.807, 2.05) is 31.2 Å². The fraction of sp³-hybridized carbons (Fsp3) is 0.409. The van der Waals surface area contributed by atoms with Gasteiger partial charge in [-0.25, -0.2) is 12.7 Å². The van der Waals surface area contributed by atoms with E-state index < -0.39 is 10.0 Å². The van der Waals surface area contributed by atoms with Crippen LogP contribution in [-0.2, 0) is 20.6 Å². The number of carbonyl (C=O) groups excluding carboxylic acids is 1. The van der Waals surface area contributed by atoms with Crippen LogP contribution in [0, 0.1) is 12.8 Å². The zero-order valence-electron chi connectivity index (χ0n) is 17.0. The highest BCUT2D eigenvalue weighted by molar-refractivity contribution is 7.88. The SMILES string of the molecule is Cc1ccc(OCCNC(=O)C2CCN(S(=O)(=O)Cc3ccccc3Cl)CC2)cc1. The first-order valence-electron chi connectivity index (χ1n) is 10.0. The Bertz CT molecular complexity index is 955. The van der Waals surface area contributed by atoms with Gasteiger partial charge in [0.2, 0.25) is 15.9 Å². The number of benzene rings is 2. The highest BCUT2D eigenvalue weighted by Gasteiger charge is 2.31. The Morgan fingerprint density at radius 1 is 1.13 bits per heavy atom. The van der Waals surface area contributed by atoms with Crippen LogP contribution in [-0.4, -0.2) is 44.9 Å². The molecule has 8 heteroatoms. The molecule has 0 radical (unpaired) electrons. The van der Waals surface area contributed by atoms with Gasteiger partial charge in [0.1, 0.15) is 12.4 Å². The molecule has 0 aromatic heterocycles. The summed E-state index contributed by atoms with van der Waals surface area (Å²) in [6.07, 6.45) is 1.01. The quantitative estimate of drug-likeness (QED) is 0.625. The number of sulfonamides is 1. The minimum atomic E-state index is -3.47. The normalized spacial score (nSPS) is 15.7. The monoisotopic (exact) mass is 450 g/mol. The lowest BCUT2D eigenvalue weighted by atomic mass is 9.97. The second-order valence-corrected chi connectivity index (χ2v) is 9.85. The first kappa shape index (κ1) is 22.6. The van der Waals surface area contributed by atoms with Gasteiger partial charge in [-0.05, 0) is 43.5 Å². The number of ether oxygens (including phenoxy) is 1. The molecule has 1 amide bonds. The van der Waals surface area contributed by atoms with E-state index >= 15 is 0 Å². The van der Waals surface area contributed by atoms with Crippen molar-refractivity contribution < 1.29 is 17.9 Å². The number of rotatable bonds is 8. The maximum Gasteiger partial charge on any atom is 0.223 e. The molecule has 0 unspecified atom stereocenters. The Labute approximate surface area is 183 Å². The van der Waals surface area contributed by atoms with Gasteiger partial charge in [0.05, 0.1) is 12.3 Å². The average molecular weight is 451 g/mol. The Kier molecular flexibility index (Phi) is 7.75. The molecular formula is C22H27ClN2O4S. The number of hydrogen-bond donors (Lipinski definition) is 1. The molecule has 2 aromatic carbocycles. The van der Waals surface area contributed by atoms with Gasteiger partial charge in [0.15, 0.2) is 0 Å². The lowest BCUT2D eigenvalue weighted by Gasteiger charge is -2.30. The Balaban J connectivity index is 1.41. The van der Waals surface area contributed by atoms with E-state index in [1.54, 1.807) is 24.3 Å². The number of aryl methyl sites for hydroxylation is 1. The molecule has 2 aromatic rings. The number of nitrogens with zero attached hydrogens (tertiary/aromatic N) is 1. The highest BCUT2D eigenvalue weighted by atomic mass is 35.5. The van der Waals surface area contributed by atoms with Crippen LogP contribution in [0.4, 0.5) is 0 Å². The van der Waals surface area contributed by atoms with Gasteiger partial charge in [-0.2, -0.15) is 0 Å². The third kappa shape index (κ3) is 6.20. The smallest absolute Gasteiger partial charge is 0.223 e. The fourth-order valence-corrected chi connectivity index (χ4v) is 5.30. The van der Waals surface area contributed by atoms with Crippen molar-refractivity contribution in [1.82, 2.24) is 9.62 Å². The van der Waals surface area contributed by atoms with Crippen molar-refractivity contribution in [2.24, 2.45) is 5.92 Å². The second kappa shape index (κ2) is 10.3. The van der Waals surface area contributed by atoms with Gasteiger partial charge in [-0.1, -0.05) is 47.5 Å². The lowest BCUT2D eigenvalue weighted by Crippen LogP contribution is -2.43. The minimum absolute atomic E-state index is 0.0503. The van der Waals surface area contributed by atoms with Crippen molar-refractivity contribution in [3.63, 3.8) is 0 Å². The van der Waals surface area contributed by atoms with E-state index in [0.717, 1.165) is 11.3 Å². The zero-order chi connectivity index (χ0) is 21.6. The zero-order valence-corrected chi connectivity index (χ0v) is 18.6. The molecule has 0 spiro atoms. The van der Waals surface area contributed by atoms with Crippen molar-refractivity contribution in [2.75, 3.05) is 26.2 Å². The van der Waals surface area contributed by atoms with E-state index in [1.165, 1.54) is 4.31 Å². The van der Waals surface area contributed by atoms with Crippen LogP contribution in [0.15, 0.2) is 48.5 Å². The minimum Gasteiger partial charge on any atom is -0.492 e. The van der Waals surface area contributed by atoms with E-state index in [4.69, 9.17) is 16.3 Å². The summed E-state index contributed by atoms with van der Waals surface area (Å²) in [6, 6.07) is 14.7. The van der Waals surface area contributed by atoms with Crippen molar-refractivity contribution in [2.45, 2.75) is 25.5 Å². The largest absolute Gasteiger partial charge is 0.492 e. The fourth-order valence-electron chi connectivity index (χ4n) is 3.42. The van der Waals surface area contributed by atoms with Gasteiger partial charge >= 0.3 is 0 Å². The number of piperidine rings is 1. The molecule has 3 rings (SSSR count). The van der Waals surface area contributed by atoms with Crippen molar-refractivity contribution in [3.05, 3.63) is 64.7 Å². The standard InChI is InChI=1S/C22H27ClN2O4S/c1-17-6-8-20(9-7-17)29-15-12-24-22(26)18-10-13-25(14-11-18)30(27,28)16-19-4-2-3-5-21(19)23/h2-9,18H,10-16H2,1H3,(H,24,26). The maximum atomic E-state index is 12.7. The molecule has 0 atom stereocenters. The predicted molar refractivity (Wildman–Crippen MR) is 118 cm³/mol. The van der Waals surface area contributed by atoms with Crippen LogP contribution in [0.1, 0.15) is 24.0 Å². The van der Waals surface area contributed by atoms with E-state index in [2.05, 4.69) is 5.32 Å². The summed E-state index contributed by atoms with van der Waals surface area (Å²) >= 11 is 6.09. The predicted octanol–water partition coefficient (Wildman–Crippen LogP) is 3.39. The van der Waals surface area contributed by atoms with Crippen LogP contribution in [0.2, 0.25) is 5.02 Å². The molecule has 162 valence electrons. The van der Waals surface area contributed by atoms with Crippen LogP contribution in [0.5, 0.6) is 5.75 Å². The second-order valence-electron chi connectivity index (χ2n) is 7.47. The van der Waals surface area contributed by atoms with Gasteiger partial charge in [-0.3, -0.25) is 4.79 Å². The van der Waals surface area contributed by atoms with Crippen molar-refractivity contribution >= 4 is 27.5 Å². The molecule has 0 aliphatic carbocycles. The summed E-state index contributed by atoms with van der Waals surface area (Å²) in [6.45, 7) is 3.49. The van der Waals surface area contributed by atoms with E-state index in [0.29, 0.717) is 49.7 Å². The van der Waals surface area contributed by atoms with Gasteiger partial charge in [0, 0.05) is 24.0 Å². The summed E-state index contributed by atoms with van der Waals surface area (Å²) in [4.78, 5) is 12.4. The molecule has 0 saturated carbocycles. The summed E-state index contributed by atoms with van der Waals surface area (Å²) in [5.41, 5.74) is 1.75. The van der Waals surface area contributed by atoms with Crippen LogP contribution >= 0.6 is 11.6 Å². The molecule has 6 nitrogen and oxygen atoms in total. The topological polar surface area (TPSA) is 75.7 Å². The van der Waals surface area contributed by atoms with Crippen LogP contribution in [0.25, 0.3) is 0 Å². The molecule has 1 N–H and O–H groups in total. The third-order valence-corrected chi connectivity index (χ3v) is 7.40. The molecule has 1 aliphatic heterocycles. The summed E-state index contributed by atoms with van der Waals surface area (Å²) < 4.78 is 32.5. The average Bonchev–Trinajstić information content (AvgIpc) is 2.74. The Hall–Kier alpha value is -2.09. The Morgan fingerprint density at radius 3 is 2.47 bits per heavy atom. The molecular weight excluding hydrogens is 424 g/mol. The lowest BCUT2D eigenvalue weighted by molar-refractivity contribution is -0.126. The molecule has 1 fully saturated rings. The summed E-state index contributed by atoms with van der Waals surface area (Å²) in [5, 5.41) is 3.33. The maximum absolute atomic E-state index is 12.7. The first-order chi connectivity index (χ1) is 14.3. The molecule has 1 saturated heterocycles. The van der Waals surface area contributed by atoms with E-state index in [9.17, 15) is 13.2 Å². The summed E-state index contributed by atoms with van der Waals surface area (Å²) in [5.74, 6) is 0.411. The molecule has 30 heavy (non-hydrogen) atoms. The Morgan fingerprint density at radius 2 is 1.80 bits per heavy atom. The number of halogens is 1. The molecule has 0 bridgehead atoms. The molecule has 1 heterocycles. The summed E-state index contributed by atoms with van der Waals surface area (Å²) in [7, 11) is -3.47. The van der Waals surface area contributed by atoms with Gasteiger partial charge < -0.3 is 10.1 Å². The number of carbonyl (C=O) groups is 1. The third-order valence-electron chi connectivity index (χ3n) is 5.20. The van der Waals surface area contributed by atoms with Gasteiger partial charge in [0.25, 0.3) is 0 Å². The first-order valence-corrected chi connectivity index (χ1v) is 12.0. The van der Waals surface area contributed by atoms with Gasteiger partial charge in [-0.15, -0.1) is 0 Å². The number of hydrogen-bond acceptors (Lipinski definition) is 4. The number of amides is 1. The van der Waals surface area contributed by atoms with E-state index in [-0.39, 0.29) is 17.6 Å². The van der Waals surface area contributed by atoms with Crippen molar-refractivity contribution in [3.8, 4) is 5.75 Å². The van der Waals surface area contributed by atoms with Crippen molar-refractivity contribution in [1.29, 1.82) is 0 Å². The number of nitrogens with one attached hydrogen (secondary N) is 1. The highest BCUT2D eigenvalue weighted by Crippen LogP contribution is 2.24. The van der Waals surface area contributed by atoms with Crippen LogP contribution < -0.4 is 10.1 Å².